The lowest BCUT2D eigenvalue weighted by Gasteiger charge is -2.32. The fourth-order valence-corrected chi connectivity index (χ4v) is 5.58. The Morgan fingerprint density at radius 2 is 1.55 bits per heavy atom. The summed E-state index contributed by atoms with van der Waals surface area (Å²) in [6, 6.07) is 19.1. The molecule has 214 valence electrons. The van der Waals surface area contributed by atoms with Gasteiger partial charge in [-0.15, -0.1) is 0 Å². The molecule has 0 saturated heterocycles. The van der Waals surface area contributed by atoms with E-state index in [1.807, 2.05) is 20.8 Å². The minimum Gasteiger partial charge on any atom is -0.497 e. The maximum absolute atomic E-state index is 14.0. The van der Waals surface area contributed by atoms with E-state index in [0.717, 1.165) is 15.4 Å². The molecule has 1 N–H and O–H groups in total. The Balaban J connectivity index is 2.08. The largest absolute Gasteiger partial charge is 0.497 e. The predicted octanol–water partition coefficient (Wildman–Crippen LogP) is 4.15. The van der Waals surface area contributed by atoms with Crippen LogP contribution >= 0.6 is 0 Å². The van der Waals surface area contributed by atoms with Gasteiger partial charge in [-0.1, -0.05) is 36.4 Å². The third kappa shape index (κ3) is 7.32. The Morgan fingerprint density at radius 1 is 0.900 bits per heavy atom. The second-order valence-electron chi connectivity index (χ2n) is 9.71. The number of benzene rings is 3. The van der Waals surface area contributed by atoms with Crippen molar-refractivity contribution in [2.45, 2.75) is 51.2 Å². The Morgan fingerprint density at radius 3 is 2.12 bits per heavy atom. The Labute approximate surface area is 236 Å². The maximum Gasteiger partial charge on any atom is 0.264 e. The summed E-state index contributed by atoms with van der Waals surface area (Å²) in [5.74, 6) is 0.0526. The van der Waals surface area contributed by atoms with Gasteiger partial charge >= 0.3 is 0 Å². The van der Waals surface area contributed by atoms with E-state index >= 15 is 0 Å². The molecule has 0 heterocycles. The van der Waals surface area contributed by atoms with E-state index in [-0.39, 0.29) is 29.1 Å². The first-order valence-corrected chi connectivity index (χ1v) is 14.4. The van der Waals surface area contributed by atoms with E-state index in [2.05, 4.69) is 5.32 Å². The molecule has 0 aliphatic carbocycles. The number of sulfonamides is 1. The molecule has 1 atom stereocenters. The van der Waals surface area contributed by atoms with E-state index in [9.17, 15) is 18.0 Å². The van der Waals surface area contributed by atoms with Gasteiger partial charge in [0.15, 0.2) is 0 Å². The summed E-state index contributed by atoms with van der Waals surface area (Å²) in [7, 11) is -1.19. The van der Waals surface area contributed by atoms with Gasteiger partial charge in [0.25, 0.3) is 10.0 Å². The number of amides is 2. The van der Waals surface area contributed by atoms with E-state index < -0.39 is 28.5 Å². The van der Waals surface area contributed by atoms with Gasteiger partial charge in [-0.25, -0.2) is 8.42 Å². The molecule has 0 saturated carbocycles. The van der Waals surface area contributed by atoms with Crippen LogP contribution in [0.15, 0.2) is 77.7 Å². The molecule has 0 aliphatic heterocycles. The van der Waals surface area contributed by atoms with Gasteiger partial charge in [-0.2, -0.15) is 0 Å². The van der Waals surface area contributed by atoms with Crippen molar-refractivity contribution in [2.75, 3.05) is 25.1 Å². The Kier molecular flexibility index (Phi) is 10.2. The van der Waals surface area contributed by atoms with Crippen LogP contribution in [0.5, 0.6) is 11.5 Å². The molecule has 10 heteroatoms. The fourth-order valence-electron chi connectivity index (χ4n) is 4.14. The van der Waals surface area contributed by atoms with Crippen molar-refractivity contribution in [3.63, 3.8) is 0 Å². The van der Waals surface area contributed by atoms with Gasteiger partial charge in [0.2, 0.25) is 11.8 Å². The van der Waals surface area contributed by atoms with Crippen molar-refractivity contribution in [2.24, 2.45) is 0 Å². The summed E-state index contributed by atoms with van der Waals surface area (Å²) in [5, 5.41) is 2.84. The molecule has 9 nitrogen and oxygen atoms in total. The topological polar surface area (TPSA) is 105 Å². The molecule has 0 spiro atoms. The minimum absolute atomic E-state index is 0.0265. The molecule has 0 unspecified atom stereocenters. The number of ether oxygens (including phenoxy) is 2. The highest BCUT2D eigenvalue weighted by atomic mass is 32.2. The van der Waals surface area contributed by atoms with E-state index in [1.54, 1.807) is 74.7 Å². The Bertz CT molecular complexity index is 1410. The highest BCUT2D eigenvalue weighted by Gasteiger charge is 2.34. The summed E-state index contributed by atoms with van der Waals surface area (Å²) in [6.07, 6.45) is 0. The first-order chi connectivity index (χ1) is 19.0. The van der Waals surface area contributed by atoms with Crippen LogP contribution < -0.4 is 19.1 Å². The van der Waals surface area contributed by atoms with Gasteiger partial charge in [0.1, 0.15) is 24.1 Å². The molecule has 0 bridgehead atoms. The number of carbonyl (C=O) groups excluding carboxylic acids is 2. The molecule has 0 radical (unpaired) electrons. The van der Waals surface area contributed by atoms with Crippen LogP contribution in [0.4, 0.5) is 5.69 Å². The van der Waals surface area contributed by atoms with Crippen LogP contribution in [-0.2, 0) is 26.2 Å². The summed E-state index contributed by atoms with van der Waals surface area (Å²) in [4.78, 5) is 28.5. The van der Waals surface area contributed by atoms with Crippen molar-refractivity contribution in [1.82, 2.24) is 10.2 Å². The van der Waals surface area contributed by atoms with Gasteiger partial charge in [-0.3, -0.25) is 13.9 Å². The van der Waals surface area contributed by atoms with Crippen molar-refractivity contribution < 1.29 is 27.5 Å². The van der Waals surface area contributed by atoms with Crippen molar-refractivity contribution >= 4 is 27.5 Å². The van der Waals surface area contributed by atoms with Gasteiger partial charge in [0.05, 0.1) is 24.8 Å². The molecule has 3 aromatic rings. The highest BCUT2D eigenvalue weighted by Crippen LogP contribution is 2.33. The first-order valence-electron chi connectivity index (χ1n) is 12.9. The highest BCUT2D eigenvalue weighted by molar-refractivity contribution is 7.92. The standard InChI is InChI=1S/C30H37N3O6S/c1-21(2)31-30(35)23(4)32(19-24-13-15-25(38-5)16-14-24)29(34)20-33(27-18-22(3)12-17-28(27)39-6)40(36,37)26-10-8-7-9-11-26/h7-18,21,23H,19-20H2,1-6H3,(H,31,35)/t23-/m1/s1. The second kappa shape index (κ2) is 13.3. The zero-order valence-corrected chi connectivity index (χ0v) is 24.6. The summed E-state index contributed by atoms with van der Waals surface area (Å²) >= 11 is 0. The number of hydrogen-bond acceptors (Lipinski definition) is 6. The summed E-state index contributed by atoms with van der Waals surface area (Å²) in [6.45, 7) is 6.65. The fraction of sp³-hybridized carbons (Fsp3) is 0.333. The lowest BCUT2D eigenvalue weighted by molar-refractivity contribution is -0.139. The lowest BCUT2D eigenvalue weighted by atomic mass is 10.1. The van der Waals surface area contributed by atoms with Gasteiger partial charge in [-0.05, 0) is 75.2 Å². The molecule has 2 amide bonds. The normalized spacial score (nSPS) is 12.0. The molecule has 3 aromatic carbocycles. The summed E-state index contributed by atoms with van der Waals surface area (Å²) in [5.41, 5.74) is 1.77. The summed E-state index contributed by atoms with van der Waals surface area (Å²) < 4.78 is 39.7. The maximum atomic E-state index is 14.0. The number of methoxy groups -OCH3 is 2. The lowest BCUT2D eigenvalue weighted by Crippen LogP contribution is -2.52. The molecule has 0 aromatic heterocycles. The molecular weight excluding hydrogens is 530 g/mol. The van der Waals surface area contributed by atoms with Crippen molar-refractivity contribution in [1.29, 1.82) is 0 Å². The minimum atomic E-state index is -4.19. The smallest absolute Gasteiger partial charge is 0.264 e. The zero-order chi connectivity index (χ0) is 29.4. The van der Waals surface area contributed by atoms with Crippen LogP contribution in [-0.4, -0.2) is 58.0 Å². The van der Waals surface area contributed by atoms with Crippen LogP contribution in [0.1, 0.15) is 31.9 Å². The number of carbonyl (C=O) groups is 2. The van der Waals surface area contributed by atoms with Crippen LogP contribution in [0.25, 0.3) is 0 Å². The van der Waals surface area contributed by atoms with Gasteiger partial charge < -0.3 is 19.7 Å². The third-order valence-corrected chi connectivity index (χ3v) is 8.10. The van der Waals surface area contributed by atoms with Crippen LogP contribution in [0, 0.1) is 6.92 Å². The SMILES string of the molecule is COc1ccc(CN(C(=O)CN(c2cc(C)ccc2OC)S(=O)(=O)c2ccccc2)[C@H](C)C(=O)NC(C)C)cc1. The average Bonchev–Trinajstić information content (AvgIpc) is 2.94. The molecule has 0 fully saturated rings. The average molecular weight is 568 g/mol. The number of aryl methyl sites for hydroxylation is 1. The molecule has 40 heavy (non-hydrogen) atoms. The quantitative estimate of drug-likeness (QED) is 0.353. The molecule has 3 rings (SSSR count). The number of nitrogens with one attached hydrogen (secondary N) is 1. The van der Waals surface area contributed by atoms with E-state index in [1.165, 1.54) is 24.1 Å². The van der Waals surface area contributed by atoms with Crippen molar-refractivity contribution in [3.8, 4) is 11.5 Å². The third-order valence-electron chi connectivity index (χ3n) is 6.32. The first kappa shape index (κ1) is 30.5. The van der Waals surface area contributed by atoms with Crippen LogP contribution in [0.3, 0.4) is 0 Å². The monoisotopic (exact) mass is 567 g/mol. The van der Waals surface area contributed by atoms with Crippen LogP contribution in [0.2, 0.25) is 0 Å². The molecular formula is C30H37N3O6S. The van der Waals surface area contributed by atoms with E-state index in [0.29, 0.717) is 11.5 Å². The van der Waals surface area contributed by atoms with Gasteiger partial charge in [0, 0.05) is 12.6 Å². The number of rotatable bonds is 12. The zero-order valence-electron chi connectivity index (χ0n) is 23.7. The molecule has 0 aliphatic rings. The van der Waals surface area contributed by atoms with E-state index in [4.69, 9.17) is 9.47 Å². The number of anilines is 1. The number of nitrogens with zero attached hydrogens (tertiary/aromatic N) is 2. The van der Waals surface area contributed by atoms with Crippen molar-refractivity contribution in [3.05, 3.63) is 83.9 Å². The Hall–Kier alpha value is -4.05. The number of hydrogen-bond donors (Lipinski definition) is 1. The second-order valence-corrected chi connectivity index (χ2v) is 11.6. The predicted molar refractivity (Wildman–Crippen MR) is 155 cm³/mol.